The molecule has 5 nitrogen and oxygen atoms in total. The van der Waals surface area contributed by atoms with Crippen molar-refractivity contribution < 1.29 is 14.7 Å². The van der Waals surface area contributed by atoms with Gasteiger partial charge in [0, 0.05) is 16.1 Å². The number of halogens is 2. The second-order valence-corrected chi connectivity index (χ2v) is 6.03. The smallest absolute Gasteiger partial charge is 0.253 e. The van der Waals surface area contributed by atoms with E-state index in [0.29, 0.717) is 28.5 Å². The summed E-state index contributed by atoms with van der Waals surface area (Å²) >= 11 is 11.7. The molecule has 1 saturated carbocycles. The fourth-order valence-electron chi connectivity index (χ4n) is 2.62. The van der Waals surface area contributed by atoms with Gasteiger partial charge in [-0.3, -0.25) is 9.59 Å². The largest absolute Gasteiger partial charge is 0.378 e. The van der Waals surface area contributed by atoms with Gasteiger partial charge in [0.15, 0.2) is 6.10 Å². The summed E-state index contributed by atoms with van der Waals surface area (Å²) in [6.45, 7) is 0. The highest BCUT2D eigenvalue weighted by atomic mass is 35.5. The highest BCUT2D eigenvalue weighted by molar-refractivity contribution is 6.34. The number of carbonyl (C=O) groups excluding carboxylic acids is 2. The standard InChI is InChI=1S/C14H16Cl2N2O3/c15-8-4-7(5-9(16)6-8)12(19)14(21)18-11-3-1-2-10(11)13(17)20/h4-6,10-12,19H,1-3H2,(H2,17,20)(H,18,21). The van der Waals surface area contributed by atoms with E-state index in [4.69, 9.17) is 28.9 Å². The molecule has 3 atom stereocenters. The summed E-state index contributed by atoms with van der Waals surface area (Å²) in [6, 6.07) is 4.12. The van der Waals surface area contributed by atoms with Crippen LogP contribution in [-0.4, -0.2) is 23.0 Å². The van der Waals surface area contributed by atoms with Crippen LogP contribution in [0.4, 0.5) is 0 Å². The highest BCUT2D eigenvalue weighted by Crippen LogP contribution is 2.27. The van der Waals surface area contributed by atoms with Crippen LogP contribution in [0.15, 0.2) is 18.2 Å². The lowest BCUT2D eigenvalue weighted by molar-refractivity contribution is -0.131. The molecule has 0 bridgehead atoms. The van der Waals surface area contributed by atoms with Gasteiger partial charge in [0.25, 0.3) is 5.91 Å². The molecule has 4 N–H and O–H groups in total. The summed E-state index contributed by atoms with van der Waals surface area (Å²) in [7, 11) is 0. The molecule has 2 rings (SSSR count). The maximum Gasteiger partial charge on any atom is 0.253 e. The molecule has 0 heterocycles. The molecule has 1 aromatic rings. The minimum absolute atomic E-state index is 0.304. The molecule has 0 aromatic heterocycles. The maximum atomic E-state index is 12.1. The molecule has 7 heteroatoms. The van der Waals surface area contributed by atoms with Crippen LogP contribution in [0.5, 0.6) is 0 Å². The Kier molecular flexibility index (Phi) is 5.08. The second-order valence-electron chi connectivity index (χ2n) is 5.16. The predicted octanol–water partition coefficient (Wildman–Crippen LogP) is 1.80. The van der Waals surface area contributed by atoms with E-state index in [-0.39, 0.29) is 12.0 Å². The Hall–Kier alpha value is -1.30. The molecule has 3 unspecified atom stereocenters. The lowest BCUT2D eigenvalue weighted by Gasteiger charge is -2.20. The van der Waals surface area contributed by atoms with Crippen molar-refractivity contribution in [1.29, 1.82) is 0 Å². The topological polar surface area (TPSA) is 92.4 Å². The Labute approximate surface area is 132 Å². The molecule has 114 valence electrons. The Morgan fingerprint density at radius 1 is 1.24 bits per heavy atom. The summed E-state index contributed by atoms with van der Waals surface area (Å²) in [4.78, 5) is 23.4. The summed E-state index contributed by atoms with van der Waals surface area (Å²) < 4.78 is 0. The van der Waals surface area contributed by atoms with E-state index >= 15 is 0 Å². The van der Waals surface area contributed by atoms with Gasteiger partial charge in [0.05, 0.1) is 5.92 Å². The Morgan fingerprint density at radius 3 is 2.43 bits per heavy atom. The summed E-state index contributed by atoms with van der Waals surface area (Å²) in [5.74, 6) is -1.41. The van der Waals surface area contributed by atoms with Crippen molar-refractivity contribution in [2.75, 3.05) is 0 Å². The number of amides is 2. The lowest BCUT2D eigenvalue weighted by Crippen LogP contribution is -2.44. The zero-order valence-electron chi connectivity index (χ0n) is 11.2. The van der Waals surface area contributed by atoms with Crippen LogP contribution in [0.25, 0.3) is 0 Å². The molecular formula is C14H16Cl2N2O3. The van der Waals surface area contributed by atoms with E-state index in [0.717, 1.165) is 6.42 Å². The van der Waals surface area contributed by atoms with Gasteiger partial charge < -0.3 is 16.2 Å². The van der Waals surface area contributed by atoms with Crippen molar-refractivity contribution in [2.45, 2.75) is 31.4 Å². The number of primary amides is 1. The molecule has 0 aliphatic heterocycles. The third-order valence-corrected chi connectivity index (χ3v) is 4.09. The molecule has 0 radical (unpaired) electrons. The van der Waals surface area contributed by atoms with Crippen LogP contribution < -0.4 is 11.1 Å². The van der Waals surface area contributed by atoms with Gasteiger partial charge in [0.2, 0.25) is 5.91 Å². The molecule has 0 spiro atoms. The summed E-state index contributed by atoms with van der Waals surface area (Å²) in [6.07, 6.45) is 0.745. The molecule has 1 fully saturated rings. The van der Waals surface area contributed by atoms with Crippen LogP contribution in [0.1, 0.15) is 30.9 Å². The predicted molar refractivity (Wildman–Crippen MR) is 79.9 cm³/mol. The fourth-order valence-corrected chi connectivity index (χ4v) is 3.16. The van der Waals surface area contributed by atoms with Crippen LogP contribution in [0.2, 0.25) is 10.0 Å². The molecule has 21 heavy (non-hydrogen) atoms. The van der Waals surface area contributed by atoms with E-state index in [1.807, 2.05) is 0 Å². The van der Waals surface area contributed by atoms with Crippen molar-refractivity contribution in [3.63, 3.8) is 0 Å². The molecule has 2 amide bonds. The first-order valence-corrected chi connectivity index (χ1v) is 7.38. The zero-order chi connectivity index (χ0) is 15.6. The number of aliphatic hydroxyl groups is 1. The van der Waals surface area contributed by atoms with Gasteiger partial charge in [-0.2, -0.15) is 0 Å². The van der Waals surface area contributed by atoms with Gasteiger partial charge in [-0.15, -0.1) is 0 Å². The van der Waals surface area contributed by atoms with Gasteiger partial charge in [0.1, 0.15) is 0 Å². The van der Waals surface area contributed by atoms with Crippen LogP contribution in [0, 0.1) is 5.92 Å². The minimum atomic E-state index is -1.39. The zero-order valence-corrected chi connectivity index (χ0v) is 12.7. The first kappa shape index (κ1) is 16.1. The van der Waals surface area contributed by atoms with E-state index in [1.54, 1.807) is 0 Å². The fraction of sp³-hybridized carbons (Fsp3) is 0.429. The van der Waals surface area contributed by atoms with Crippen molar-refractivity contribution in [3.8, 4) is 0 Å². The first-order valence-electron chi connectivity index (χ1n) is 6.62. The van der Waals surface area contributed by atoms with Gasteiger partial charge in [-0.1, -0.05) is 29.6 Å². The molecule has 1 aliphatic rings. The van der Waals surface area contributed by atoms with Gasteiger partial charge >= 0.3 is 0 Å². The van der Waals surface area contributed by atoms with Gasteiger partial charge in [-0.05, 0) is 36.6 Å². The SMILES string of the molecule is NC(=O)C1CCCC1NC(=O)C(O)c1cc(Cl)cc(Cl)c1. The van der Waals surface area contributed by atoms with Crippen molar-refractivity contribution in [3.05, 3.63) is 33.8 Å². The first-order chi connectivity index (χ1) is 9.88. The average Bonchev–Trinajstić information content (AvgIpc) is 2.84. The third-order valence-electron chi connectivity index (χ3n) is 3.66. The van der Waals surface area contributed by atoms with Crippen LogP contribution >= 0.6 is 23.2 Å². The summed E-state index contributed by atoms with van der Waals surface area (Å²) in [5, 5.41) is 13.4. The quantitative estimate of drug-likeness (QED) is 0.785. The van der Waals surface area contributed by atoms with Crippen LogP contribution in [0.3, 0.4) is 0 Å². The number of carbonyl (C=O) groups is 2. The molecular weight excluding hydrogens is 315 g/mol. The van der Waals surface area contributed by atoms with Crippen molar-refractivity contribution >= 4 is 35.0 Å². The normalized spacial score (nSPS) is 22.8. The number of hydrogen-bond donors (Lipinski definition) is 3. The third kappa shape index (κ3) is 3.87. The second kappa shape index (κ2) is 6.64. The Bertz CT molecular complexity index is 545. The molecule has 1 aromatic carbocycles. The Morgan fingerprint density at radius 2 is 1.86 bits per heavy atom. The summed E-state index contributed by atoms with van der Waals surface area (Å²) in [5.41, 5.74) is 5.61. The van der Waals surface area contributed by atoms with Crippen molar-refractivity contribution in [2.24, 2.45) is 11.7 Å². The lowest BCUT2D eigenvalue weighted by atomic mass is 10.0. The molecule has 1 aliphatic carbocycles. The number of aliphatic hydroxyl groups excluding tert-OH is 1. The van der Waals surface area contributed by atoms with E-state index in [1.165, 1.54) is 18.2 Å². The minimum Gasteiger partial charge on any atom is -0.378 e. The molecule has 0 saturated heterocycles. The Balaban J connectivity index is 2.07. The monoisotopic (exact) mass is 330 g/mol. The van der Waals surface area contributed by atoms with E-state index in [2.05, 4.69) is 5.32 Å². The number of hydrogen-bond acceptors (Lipinski definition) is 3. The highest BCUT2D eigenvalue weighted by Gasteiger charge is 2.34. The van der Waals surface area contributed by atoms with Gasteiger partial charge in [-0.25, -0.2) is 0 Å². The van der Waals surface area contributed by atoms with Crippen LogP contribution in [-0.2, 0) is 9.59 Å². The van der Waals surface area contributed by atoms with E-state index < -0.39 is 17.9 Å². The average molecular weight is 331 g/mol. The van der Waals surface area contributed by atoms with Crippen molar-refractivity contribution in [1.82, 2.24) is 5.32 Å². The number of nitrogens with two attached hydrogens (primary N) is 1. The van der Waals surface area contributed by atoms with E-state index in [9.17, 15) is 14.7 Å². The number of benzene rings is 1. The number of nitrogens with one attached hydrogen (secondary N) is 1. The number of rotatable bonds is 4. The maximum absolute atomic E-state index is 12.1.